The van der Waals surface area contributed by atoms with Gasteiger partial charge in [-0.05, 0) is 43.4 Å². The first-order valence-electron chi connectivity index (χ1n) is 9.37. The Labute approximate surface area is 161 Å². The highest BCUT2D eigenvalue weighted by Gasteiger charge is 2.29. The fourth-order valence-electron chi connectivity index (χ4n) is 3.67. The molecule has 1 aromatic rings. The first kappa shape index (κ1) is 20.3. The number of sulfone groups is 1. The van der Waals surface area contributed by atoms with Gasteiger partial charge < -0.3 is 5.32 Å². The Bertz CT molecular complexity index is 888. The predicted molar refractivity (Wildman–Crippen MR) is 104 cm³/mol. The minimum absolute atomic E-state index is 0.0454. The number of hydrogen-bond acceptors (Lipinski definition) is 5. The maximum Gasteiger partial charge on any atom is 0.243 e. The van der Waals surface area contributed by atoms with Gasteiger partial charge in [-0.25, -0.2) is 16.8 Å². The van der Waals surface area contributed by atoms with Gasteiger partial charge in [-0.3, -0.25) is 4.79 Å². The van der Waals surface area contributed by atoms with E-state index < -0.39 is 19.9 Å². The number of nitrogens with zero attached hydrogens (tertiary/aromatic N) is 1. The summed E-state index contributed by atoms with van der Waals surface area (Å²) in [6.45, 7) is 1.05. The molecule has 2 aliphatic rings. The Morgan fingerprint density at radius 2 is 1.85 bits per heavy atom. The number of nitrogens with one attached hydrogen (secondary N) is 1. The van der Waals surface area contributed by atoms with Crippen LogP contribution in [0.25, 0.3) is 0 Å². The average Bonchev–Trinajstić information content (AvgIpc) is 2.80. The van der Waals surface area contributed by atoms with Gasteiger partial charge in [-0.2, -0.15) is 4.31 Å². The highest BCUT2D eigenvalue weighted by molar-refractivity contribution is 7.91. The lowest BCUT2D eigenvalue weighted by Gasteiger charge is -2.20. The molecule has 1 N–H and O–H groups in total. The van der Waals surface area contributed by atoms with Crippen LogP contribution in [0.1, 0.15) is 38.5 Å². The molecule has 2 aliphatic heterocycles. The molecule has 0 aromatic heterocycles. The second-order valence-electron chi connectivity index (χ2n) is 7.37. The number of rotatable bonds is 5. The fraction of sp³-hybridized carbons (Fsp3) is 0.611. The zero-order valence-electron chi connectivity index (χ0n) is 15.3. The van der Waals surface area contributed by atoms with Gasteiger partial charge in [0.05, 0.1) is 16.4 Å². The summed E-state index contributed by atoms with van der Waals surface area (Å²) in [6.07, 6.45) is 4.43. The lowest BCUT2D eigenvalue weighted by atomic mass is 10.1. The summed E-state index contributed by atoms with van der Waals surface area (Å²) in [4.78, 5) is 12.4. The third kappa shape index (κ3) is 5.30. The highest BCUT2D eigenvalue weighted by Crippen LogP contribution is 2.24. The van der Waals surface area contributed by atoms with Crippen LogP contribution in [0.2, 0.25) is 0 Å². The van der Waals surface area contributed by atoms with Gasteiger partial charge in [0.1, 0.15) is 0 Å². The molecular weight excluding hydrogens is 388 g/mol. The van der Waals surface area contributed by atoms with Gasteiger partial charge in [-0.1, -0.05) is 18.9 Å². The molecule has 2 fully saturated rings. The number of sulfonamides is 1. The van der Waals surface area contributed by atoms with Crippen LogP contribution in [0.4, 0.5) is 5.69 Å². The van der Waals surface area contributed by atoms with E-state index in [1.165, 1.54) is 10.4 Å². The first-order valence-corrected chi connectivity index (χ1v) is 12.6. The van der Waals surface area contributed by atoms with Crippen molar-refractivity contribution in [3.8, 4) is 0 Å². The number of hydrogen-bond donors (Lipinski definition) is 1. The van der Waals surface area contributed by atoms with E-state index in [0.717, 1.165) is 25.7 Å². The molecule has 1 unspecified atom stereocenters. The second-order valence-corrected chi connectivity index (χ2v) is 11.5. The van der Waals surface area contributed by atoms with Gasteiger partial charge in [0.25, 0.3) is 0 Å². The summed E-state index contributed by atoms with van der Waals surface area (Å²) in [5.41, 5.74) is 0.414. The molecule has 0 spiro atoms. The van der Waals surface area contributed by atoms with Crippen molar-refractivity contribution in [1.82, 2.24) is 4.31 Å². The molecule has 1 atom stereocenters. The van der Waals surface area contributed by atoms with Crippen LogP contribution >= 0.6 is 0 Å². The van der Waals surface area contributed by atoms with Crippen LogP contribution in [-0.2, 0) is 24.7 Å². The Kier molecular flexibility index (Phi) is 6.22. The second kappa shape index (κ2) is 8.28. The molecule has 1 amide bonds. The number of benzene rings is 1. The summed E-state index contributed by atoms with van der Waals surface area (Å²) in [7, 11) is -6.60. The summed E-state index contributed by atoms with van der Waals surface area (Å²) >= 11 is 0. The number of amides is 1. The molecule has 0 saturated carbocycles. The van der Waals surface area contributed by atoms with E-state index in [1.54, 1.807) is 18.2 Å². The van der Waals surface area contributed by atoms with Crippen molar-refractivity contribution in [2.45, 2.75) is 43.4 Å². The molecule has 27 heavy (non-hydrogen) atoms. The van der Waals surface area contributed by atoms with Crippen LogP contribution in [-0.4, -0.2) is 51.6 Å². The van der Waals surface area contributed by atoms with Crippen LogP contribution < -0.4 is 5.32 Å². The highest BCUT2D eigenvalue weighted by atomic mass is 32.2. The third-order valence-corrected chi connectivity index (χ3v) is 8.85. The van der Waals surface area contributed by atoms with Crippen molar-refractivity contribution in [1.29, 1.82) is 0 Å². The maximum atomic E-state index is 12.9. The first-order chi connectivity index (χ1) is 12.8. The fourth-order valence-corrected chi connectivity index (χ4v) is 7.10. The molecule has 0 aliphatic carbocycles. The molecule has 9 heteroatoms. The van der Waals surface area contributed by atoms with E-state index in [0.29, 0.717) is 25.2 Å². The van der Waals surface area contributed by atoms with E-state index in [-0.39, 0.29) is 34.6 Å². The molecule has 0 bridgehead atoms. The lowest BCUT2D eigenvalue weighted by Crippen LogP contribution is -2.32. The van der Waals surface area contributed by atoms with E-state index in [1.807, 2.05) is 0 Å². The van der Waals surface area contributed by atoms with Gasteiger partial charge in [0, 0.05) is 25.2 Å². The topological polar surface area (TPSA) is 101 Å². The van der Waals surface area contributed by atoms with E-state index in [9.17, 15) is 21.6 Å². The summed E-state index contributed by atoms with van der Waals surface area (Å²) in [6, 6.07) is 6.27. The largest absolute Gasteiger partial charge is 0.326 e. The summed E-state index contributed by atoms with van der Waals surface area (Å²) in [5.74, 6) is -0.279. The van der Waals surface area contributed by atoms with Crippen molar-refractivity contribution in [2.24, 2.45) is 5.92 Å². The zero-order chi connectivity index (χ0) is 19.5. The molecule has 2 saturated heterocycles. The van der Waals surface area contributed by atoms with Crippen molar-refractivity contribution in [3.05, 3.63) is 24.3 Å². The number of carbonyl (C=O) groups excluding carboxylic acids is 1. The smallest absolute Gasteiger partial charge is 0.243 e. The van der Waals surface area contributed by atoms with Crippen LogP contribution in [0.5, 0.6) is 0 Å². The SMILES string of the molecule is O=C(CC1CCS(=O)(=O)C1)Nc1cccc(S(=O)(=O)N2CCCCCC2)c1. The van der Waals surface area contributed by atoms with E-state index in [2.05, 4.69) is 5.32 Å². The minimum Gasteiger partial charge on any atom is -0.326 e. The minimum atomic E-state index is -3.58. The third-order valence-electron chi connectivity index (χ3n) is 5.12. The Morgan fingerprint density at radius 3 is 2.48 bits per heavy atom. The van der Waals surface area contributed by atoms with Crippen LogP contribution in [0, 0.1) is 5.92 Å². The van der Waals surface area contributed by atoms with E-state index in [4.69, 9.17) is 0 Å². The average molecular weight is 415 g/mol. The van der Waals surface area contributed by atoms with Gasteiger partial charge in [-0.15, -0.1) is 0 Å². The Hall–Kier alpha value is -1.45. The number of carbonyl (C=O) groups is 1. The van der Waals surface area contributed by atoms with Gasteiger partial charge in [0.15, 0.2) is 9.84 Å². The quantitative estimate of drug-likeness (QED) is 0.794. The molecule has 0 radical (unpaired) electrons. The molecule has 1 aromatic carbocycles. The monoisotopic (exact) mass is 414 g/mol. The molecule has 3 rings (SSSR count). The number of anilines is 1. The normalized spacial score (nSPS) is 23.6. The van der Waals surface area contributed by atoms with Crippen molar-refractivity contribution >= 4 is 31.5 Å². The summed E-state index contributed by atoms with van der Waals surface area (Å²) < 4.78 is 50.3. The molecule has 2 heterocycles. The molecule has 150 valence electrons. The zero-order valence-corrected chi connectivity index (χ0v) is 16.9. The lowest BCUT2D eigenvalue weighted by molar-refractivity contribution is -0.116. The van der Waals surface area contributed by atoms with E-state index >= 15 is 0 Å². The predicted octanol–water partition coefficient (Wildman–Crippen LogP) is 2.01. The Morgan fingerprint density at radius 1 is 1.15 bits per heavy atom. The molecular formula is C18H26N2O5S2. The Balaban J connectivity index is 1.67. The van der Waals surface area contributed by atoms with Crippen LogP contribution in [0.15, 0.2) is 29.2 Å². The van der Waals surface area contributed by atoms with Gasteiger partial charge in [0.2, 0.25) is 15.9 Å². The maximum absolute atomic E-state index is 12.9. The van der Waals surface area contributed by atoms with Crippen molar-refractivity contribution in [2.75, 3.05) is 29.9 Å². The molecule has 7 nitrogen and oxygen atoms in total. The standard InChI is InChI=1S/C18H26N2O5S2/c21-18(12-15-8-11-26(22,23)14-15)19-16-6-5-7-17(13-16)27(24,25)20-9-3-1-2-4-10-20/h5-7,13,15H,1-4,8-12,14H2,(H,19,21). The van der Waals surface area contributed by atoms with Crippen molar-refractivity contribution < 1.29 is 21.6 Å². The summed E-state index contributed by atoms with van der Waals surface area (Å²) in [5, 5.41) is 2.71. The van der Waals surface area contributed by atoms with Crippen LogP contribution in [0.3, 0.4) is 0 Å². The van der Waals surface area contributed by atoms with Gasteiger partial charge >= 0.3 is 0 Å². The van der Waals surface area contributed by atoms with Crippen molar-refractivity contribution in [3.63, 3.8) is 0 Å².